The van der Waals surface area contributed by atoms with Crippen LogP contribution in [-0.2, 0) is 0 Å². The van der Waals surface area contributed by atoms with Gasteiger partial charge in [-0.15, -0.1) is 0 Å². The van der Waals surface area contributed by atoms with Crippen LogP contribution in [0.5, 0.6) is 0 Å². The Labute approximate surface area is 97.2 Å². The van der Waals surface area contributed by atoms with E-state index in [4.69, 9.17) is 17.3 Å². The average Bonchev–Trinajstić information content (AvgIpc) is 2.67. The van der Waals surface area contributed by atoms with E-state index >= 15 is 0 Å². The van der Waals surface area contributed by atoms with Crippen LogP contribution in [0.1, 0.15) is 10.4 Å². The number of nitrogens with one attached hydrogen (secondary N) is 1. The first-order valence-electron chi connectivity index (χ1n) is 4.74. The molecule has 3 N–H and O–H groups in total. The van der Waals surface area contributed by atoms with Crippen molar-refractivity contribution in [2.45, 2.75) is 0 Å². The van der Waals surface area contributed by atoms with Crippen LogP contribution in [0.25, 0.3) is 0 Å². The molecule has 0 aromatic heterocycles. The van der Waals surface area contributed by atoms with E-state index in [0.29, 0.717) is 23.8 Å². The molecule has 16 heavy (non-hydrogen) atoms. The van der Waals surface area contributed by atoms with Gasteiger partial charge >= 0.3 is 6.03 Å². The Hall–Kier alpha value is -1.75. The van der Waals surface area contributed by atoms with Crippen molar-refractivity contribution >= 4 is 29.2 Å². The number of amides is 3. The largest absolute Gasteiger partial charge is 0.399 e. The van der Waals surface area contributed by atoms with Gasteiger partial charge in [0, 0.05) is 18.8 Å². The van der Waals surface area contributed by atoms with E-state index in [1.54, 1.807) is 6.07 Å². The molecule has 84 valence electrons. The third kappa shape index (κ3) is 1.81. The van der Waals surface area contributed by atoms with Gasteiger partial charge in [0.1, 0.15) is 0 Å². The van der Waals surface area contributed by atoms with Crippen LogP contribution in [-0.4, -0.2) is 29.9 Å². The van der Waals surface area contributed by atoms with Crippen LogP contribution < -0.4 is 11.1 Å². The number of imide groups is 1. The molecule has 0 aliphatic carbocycles. The predicted octanol–water partition coefficient (Wildman–Crippen LogP) is 1.09. The molecular formula is C10H10ClN3O2. The van der Waals surface area contributed by atoms with Crippen LogP contribution >= 0.6 is 11.6 Å². The molecule has 1 fully saturated rings. The summed E-state index contributed by atoms with van der Waals surface area (Å²) in [7, 11) is 0. The summed E-state index contributed by atoms with van der Waals surface area (Å²) in [5, 5.41) is 2.84. The second-order valence-electron chi connectivity index (χ2n) is 3.43. The molecule has 0 unspecified atom stereocenters. The molecule has 1 aromatic carbocycles. The van der Waals surface area contributed by atoms with Crippen molar-refractivity contribution in [3.63, 3.8) is 0 Å². The van der Waals surface area contributed by atoms with Crippen molar-refractivity contribution in [3.8, 4) is 0 Å². The van der Waals surface area contributed by atoms with Crippen molar-refractivity contribution in [1.82, 2.24) is 10.2 Å². The minimum atomic E-state index is -0.424. The summed E-state index contributed by atoms with van der Waals surface area (Å²) in [6.45, 7) is 0.813. The van der Waals surface area contributed by atoms with Crippen molar-refractivity contribution in [2.24, 2.45) is 0 Å². The van der Waals surface area contributed by atoms with Gasteiger partial charge in [0.2, 0.25) is 0 Å². The van der Waals surface area contributed by atoms with Crippen LogP contribution in [0.3, 0.4) is 0 Å². The number of urea groups is 1. The van der Waals surface area contributed by atoms with Crippen LogP contribution in [0.15, 0.2) is 18.2 Å². The second-order valence-corrected chi connectivity index (χ2v) is 3.84. The highest BCUT2D eigenvalue weighted by Crippen LogP contribution is 2.21. The van der Waals surface area contributed by atoms with E-state index < -0.39 is 11.9 Å². The molecule has 0 spiro atoms. The van der Waals surface area contributed by atoms with Gasteiger partial charge in [-0.25, -0.2) is 4.79 Å². The molecule has 3 amide bonds. The van der Waals surface area contributed by atoms with Crippen LogP contribution in [0.2, 0.25) is 5.02 Å². The molecule has 1 aliphatic heterocycles. The lowest BCUT2D eigenvalue weighted by atomic mass is 10.2. The summed E-state index contributed by atoms with van der Waals surface area (Å²) < 4.78 is 0. The highest BCUT2D eigenvalue weighted by Gasteiger charge is 2.28. The summed E-state index contributed by atoms with van der Waals surface area (Å²) >= 11 is 5.88. The summed E-state index contributed by atoms with van der Waals surface area (Å²) in [4.78, 5) is 24.4. The quantitative estimate of drug-likeness (QED) is 0.721. The van der Waals surface area contributed by atoms with E-state index in [0.717, 1.165) is 4.90 Å². The van der Waals surface area contributed by atoms with E-state index in [2.05, 4.69) is 5.32 Å². The minimum absolute atomic E-state index is 0.249. The fourth-order valence-electron chi connectivity index (χ4n) is 1.52. The van der Waals surface area contributed by atoms with Gasteiger partial charge in [0.25, 0.3) is 5.91 Å². The highest BCUT2D eigenvalue weighted by atomic mass is 35.5. The van der Waals surface area contributed by atoms with Gasteiger partial charge in [-0.05, 0) is 18.2 Å². The molecule has 1 aromatic rings. The summed E-state index contributed by atoms with van der Waals surface area (Å²) in [6, 6.07) is 4.21. The molecule has 1 aliphatic rings. The summed E-state index contributed by atoms with van der Waals surface area (Å²) in [5.41, 5.74) is 6.25. The lowest BCUT2D eigenvalue weighted by Crippen LogP contribution is -2.34. The fourth-order valence-corrected chi connectivity index (χ4v) is 1.72. The first kappa shape index (κ1) is 10.8. The standard InChI is InChI=1S/C10H10ClN3O2/c11-8-2-1-6(12)5-7(8)9(15)14-4-3-13-10(14)16/h1-2,5H,3-4,12H2,(H,13,16). The number of rotatable bonds is 1. The molecular weight excluding hydrogens is 230 g/mol. The van der Waals surface area contributed by atoms with Crippen molar-refractivity contribution in [2.75, 3.05) is 18.8 Å². The number of nitrogens with two attached hydrogens (primary N) is 1. The number of nitrogens with zero attached hydrogens (tertiary/aromatic N) is 1. The maximum absolute atomic E-state index is 12.0. The van der Waals surface area contributed by atoms with E-state index in [-0.39, 0.29) is 5.56 Å². The minimum Gasteiger partial charge on any atom is -0.399 e. The Morgan fingerprint density at radius 1 is 1.50 bits per heavy atom. The van der Waals surface area contributed by atoms with E-state index in [1.165, 1.54) is 12.1 Å². The maximum Gasteiger partial charge on any atom is 0.324 e. The number of hydrogen-bond acceptors (Lipinski definition) is 3. The molecule has 0 atom stereocenters. The zero-order valence-corrected chi connectivity index (χ0v) is 9.12. The zero-order valence-electron chi connectivity index (χ0n) is 8.37. The zero-order chi connectivity index (χ0) is 11.7. The number of nitrogen functional groups attached to an aromatic ring is 1. The molecule has 6 heteroatoms. The Balaban J connectivity index is 2.33. The molecule has 1 saturated heterocycles. The molecule has 1 heterocycles. The number of halogens is 1. The third-order valence-corrected chi connectivity index (χ3v) is 2.65. The van der Waals surface area contributed by atoms with Gasteiger partial charge in [0.05, 0.1) is 10.6 Å². The maximum atomic E-state index is 12.0. The van der Waals surface area contributed by atoms with Gasteiger partial charge in [-0.3, -0.25) is 9.69 Å². The number of anilines is 1. The number of carbonyl (C=O) groups excluding carboxylic acids is 2. The normalized spacial score (nSPS) is 15.1. The molecule has 5 nitrogen and oxygen atoms in total. The average molecular weight is 240 g/mol. The van der Waals surface area contributed by atoms with Crippen LogP contribution in [0, 0.1) is 0 Å². The van der Waals surface area contributed by atoms with Crippen molar-refractivity contribution in [3.05, 3.63) is 28.8 Å². The first-order valence-corrected chi connectivity index (χ1v) is 5.12. The molecule has 2 rings (SSSR count). The number of benzene rings is 1. The Bertz CT molecular complexity index is 461. The molecule has 0 bridgehead atoms. The topological polar surface area (TPSA) is 75.4 Å². The molecule has 0 radical (unpaired) electrons. The smallest absolute Gasteiger partial charge is 0.324 e. The summed E-state index contributed by atoms with van der Waals surface area (Å²) in [6.07, 6.45) is 0. The second kappa shape index (κ2) is 4.02. The third-order valence-electron chi connectivity index (χ3n) is 2.32. The van der Waals surface area contributed by atoms with Gasteiger partial charge in [-0.2, -0.15) is 0 Å². The lowest BCUT2D eigenvalue weighted by molar-refractivity contribution is 0.0829. The highest BCUT2D eigenvalue weighted by molar-refractivity contribution is 6.34. The Kier molecular flexibility index (Phi) is 2.70. The summed E-state index contributed by atoms with van der Waals surface area (Å²) in [5.74, 6) is -0.424. The van der Waals surface area contributed by atoms with E-state index in [1.807, 2.05) is 0 Å². The SMILES string of the molecule is Nc1ccc(Cl)c(C(=O)N2CCNC2=O)c1. The Morgan fingerprint density at radius 2 is 2.25 bits per heavy atom. The van der Waals surface area contributed by atoms with Crippen molar-refractivity contribution < 1.29 is 9.59 Å². The Morgan fingerprint density at radius 3 is 2.88 bits per heavy atom. The fraction of sp³-hybridized carbons (Fsp3) is 0.200. The number of carbonyl (C=O) groups is 2. The van der Waals surface area contributed by atoms with Crippen molar-refractivity contribution in [1.29, 1.82) is 0 Å². The van der Waals surface area contributed by atoms with E-state index in [9.17, 15) is 9.59 Å². The predicted molar refractivity (Wildman–Crippen MR) is 60.3 cm³/mol. The monoisotopic (exact) mass is 239 g/mol. The number of hydrogen-bond donors (Lipinski definition) is 2. The van der Waals surface area contributed by atoms with Gasteiger partial charge in [0.15, 0.2) is 0 Å². The molecule has 0 saturated carbocycles. The van der Waals surface area contributed by atoms with Gasteiger partial charge < -0.3 is 11.1 Å². The first-order chi connectivity index (χ1) is 7.59. The van der Waals surface area contributed by atoms with Gasteiger partial charge in [-0.1, -0.05) is 11.6 Å². The van der Waals surface area contributed by atoms with Crippen LogP contribution in [0.4, 0.5) is 10.5 Å². The lowest BCUT2D eigenvalue weighted by Gasteiger charge is -2.13.